The normalized spacial score (nSPS) is 12.7. The van der Waals surface area contributed by atoms with Gasteiger partial charge in [-0.15, -0.1) is 0 Å². The van der Waals surface area contributed by atoms with E-state index in [1.54, 1.807) is 0 Å². The largest absolute Gasteiger partial charge is 0.228 e. The monoisotopic (exact) mass is 702 g/mol. The van der Waals surface area contributed by atoms with Crippen LogP contribution in [0.3, 0.4) is 0 Å². The van der Waals surface area contributed by atoms with Gasteiger partial charge in [-0.2, -0.15) is 0 Å². The molecular formula is C53H38N2. The number of fused-ring (bicyclic) bond motifs is 4. The molecule has 0 fully saturated rings. The predicted octanol–water partition coefficient (Wildman–Crippen LogP) is 13.9. The Kier molecular flexibility index (Phi) is 7.85. The molecular weight excluding hydrogens is 665 g/mol. The molecule has 55 heavy (non-hydrogen) atoms. The second kappa shape index (κ2) is 13.2. The average molecular weight is 703 g/mol. The Labute approximate surface area is 322 Å². The number of rotatable bonds is 6. The van der Waals surface area contributed by atoms with E-state index in [-0.39, 0.29) is 5.41 Å². The second-order valence-corrected chi connectivity index (χ2v) is 15.0. The lowest BCUT2D eigenvalue weighted by Gasteiger charge is -2.22. The molecule has 0 bridgehead atoms. The number of hydrogen-bond acceptors (Lipinski definition) is 2. The molecule has 0 radical (unpaired) electrons. The van der Waals surface area contributed by atoms with Gasteiger partial charge in [-0.05, 0) is 84.6 Å². The SMILES string of the molecule is CC1(C)c2ccccc2-c2ccc(-c3cccc(-c4ccc(-c5cc(-c6ccccc6)nc(-c6ccc(-c7ccccc7)cc6)n5)c5ccccc45)c3)cc21. The minimum Gasteiger partial charge on any atom is -0.228 e. The first-order chi connectivity index (χ1) is 27.0. The van der Waals surface area contributed by atoms with Crippen molar-refractivity contribution in [1.29, 1.82) is 0 Å². The molecule has 0 unspecified atom stereocenters. The molecule has 1 aromatic heterocycles. The van der Waals surface area contributed by atoms with Gasteiger partial charge < -0.3 is 0 Å². The van der Waals surface area contributed by atoms with Gasteiger partial charge in [-0.25, -0.2) is 9.97 Å². The fraction of sp³-hybridized carbons (Fsp3) is 0.0566. The maximum absolute atomic E-state index is 5.25. The van der Waals surface area contributed by atoms with Crippen LogP contribution in [0.1, 0.15) is 25.0 Å². The molecule has 9 aromatic rings. The van der Waals surface area contributed by atoms with Crippen LogP contribution in [0.5, 0.6) is 0 Å². The van der Waals surface area contributed by atoms with Crippen molar-refractivity contribution in [1.82, 2.24) is 9.97 Å². The van der Waals surface area contributed by atoms with Crippen LogP contribution in [-0.2, 0) is 5.41 Å². The summed E-state index contributed by atoms with van der Waals surface area (Å²) in [6.07, 6.45) is 0. The number of nitrogens with zero attached hydrogens (tertiary/aromatic N) is 2. The van der Waals surface area contributed by atoms with Gasteiger partial charge in [0, 0.05) is 22.1 Å². The molecule has 0 saturated carbocycles. The summed E-state index contributed by atoms with van der Waals surface area (Å²) >= 11 is 0. The Balaban J connectivity index is 1.06. The van der Waals surface area contributed by atoms with Crippen molar-refractivity contribution < 1.29 is 0 Å². The Morgan fingerprint density at radius 2 is 0.818 bits per heavy atom. The van der Waals surface area contributed by atoms with Gasteiger partial charge in [0.25, 0.3) is 0 Å². The van der Waals surface area contributed by atoms with Gasteiger partial charge in [0.05, 0.1) is 11.4 Å². The quantitative estimate of drug-likeness (QED) is 0.172. The topological polar surface area (TPSA) is 25.8 Å². The fourth-order valence-electron chi connectivity index (χ4n) is 8.44. The lowest BCUT2D eigenvalue weighted by Crippen LogP contribution is -2.14. The van der Waals surface area contributed by atoms with E-state index in [0.29, 0.717) is 5.82 Å². The van der Waals surface area contributed by atoms with Crippen LogP contribution < -0.4 is 0 Å². The van der Waals surface area contributed by atoms with E-state index in [1.165, 1.54) is 61.0 Å². The van der Waals surface area contributed by atoms with Crippen molar-refractivity contribution in [2.24, 2.45) is 0 Å². The molecule has 2 nitrogen and oxygen atoms in total. The molecule has 10 rings (SSSR count). The smallest absolute Gasteiger partial charge is 0.160 e. The van der Waals surface area contributed by atoms with Crippen LogP contribution in [0.4, 0.5) is 0 Å². The first kappa shape index (κ1) is 32.7. The zero-order chi connectivity index (χ0) is 36.9. The Bertz CT molecular complexity index is 2870. The van der Waals surface area contributed by atoms with Crippen molar-refractivity contribution in [3.8, 4) is 78.4 Å². The summed E-state index contributed by atoms with van der Waals surface area (Å²) < 4.78 is 0. The van der Waals surface area contributed by atoms with E-state index in [4.69, 9.17) is 9.97 Å². The average Bonchev–Trinajstić information content (AvgIpc) is 3.49. The van der Waals surface area contributed by atoms with Crippen LogP contribution >= 0.6 is 0 Å². The molecule has 1 heterocycles. The van der Waals surface area contributed by atoms with E-state index in [1.807, 2.05) is 12.1 Å². The van der Waals surface area contributed by atoms with Gasteiger partial charge in [0.1, 0.15) is 0 Å². The maximum Gasteiger partial charge on any atom is 0.160 e. The number of aromatic nitrogens is 2. The van der Waals surface area contributed by atoms with E-state index < -0.39 is 0 Å². The molecule has 2 heteroatoms. The predicted molar refractivity (Wildman–Crippen MR) is 230 cm³/mol. The zero-order valence-corrected chi connectivity index (χ0v) is 30.9. The molecule has 1 aliphatic rings. The van der Waals surface area contributed by atoms with Gasteiger partial charge in [0.2, 0.25) is 0 Å². The summed E-state index contributed by atoms with van der Waals surface area (Å²) in [6.45, 7) is 4.69. The third-order valence-electron chi connectivity index (χ3n) is 11.3. The molecule has 0 N–H and O–H groups in total. The first-order valence-corrected chi connectivity index (χ1v) is 19.0. The maximum atomic E-state index is 5.25. The van der Waals surface area contributed by atoms with Crippen molar-refractivity contribution in [3.63, 3.8) is 0 Å². The van der Waals surface area contributed by atoms with Crippen LogP contribution in [-0.4, -0.2) is 9.97 Å². The van der Waals surface area contributed by atoms with Crippen LogP contribution in [0, 0.1) is 0 Å². The third-order valence-corrected chi connectivity index (χ3v) is 11.3. The van der Waals surface area contributed by atoms with Crippen LogP contribution in [0.2, 0.25) is 0 Å². The standard InChI is InChI=1S/C53H38N2/c1-53(2)48-23-12-11-22-45(48)46-29-28-40(33-49(46)53)39-18-13-19-41(32-39)42-30-31-47(44-21-10-9-20-43(42)44)51-34-50(37-16-7-4-8-17-37)54-52(55-51)38-26-24-36(25-27-38)35-14-5-3-6-15-35/h3-34H,1-2H3. The van der Waals surface area contributed by atoms with E-state index in [2.05, 4.69) is 196 Å². The van der Waals surface area contributed by atoms with Gasteiger partial charge in [0.15, 0.2) is 5.82 Å². The number of hydrogen-bond donors (Lipinski definition) is 0. The molecule has 0 saturated heterocycles. The van der Waals surface area contributed by atoms with Crippen molar-refractivity contribution in [3.05, 3.63) is 205 Å². The molecule has 0 atom stereocenters. The molecule has 260 valence electrons. The van der Waals surface area contributed by atoms with Gasteiger partial charge in [-0.3, -0.25) is 0 Å². The minimum atomic E-state index is -0.0432. The van der Waals surface area contributed by atoms with Crippen molar-refractivity contribution >= 4 is 10.8 Å². The van der Waals surface area contributed by atoms with Crippen LogP contribution in [0.25, 0.3) is 89.2 Å². The first-order valence-electron chi connectivity index (χ1n) is 19.0. The molecule has 8 aromatic carbocycles. The molecule has 1 aliphatic carbocycles. The second-order valence-electron chi connectivity index (χ2n) is 15.0. The minimum absolute atomic E-state index is 0.0432. The fourth-order valence-corrected chi connectivity index (χ4v) is 8.44. The van der Waals surface area contributed by atoms with E-state index >= 15 is 0 Å². The highest BCUT2D eigenvalue weighted by Crippen LogP contribution is 2.49. The zero-order valence-electron chi connectivity index (χ0n) is 30.9. The summed E-state index contributed by atoms with van der Waals surface area (Å²) in [5.74, 6) is 0.706. The molecule has 0 spiro atoms. The molecule has 0 amide bonds. The van der Waals surface area contributed by atoms with Crippen molar-refractivity contribution in [2.75, 3.05) is 0 Å². The summed E-state index contributed by atoms with van der Waals surface area (Å²) in [5, 5.41) is 2.35. The Morgan fingerprint density at radius 3 is 1.60 bits per heavy atom. The highest BCUT2D eigenvalue weighted by Gasteiger charge is 2.35. The third kappa shape index (κ3) is 5.75. The van der Waals surface area contributed by atoms with Crippen LogP contribution in [0.15, 0.2) is 194 Å². The summed E-state index contributed by atoms with van der Waals surface area (Å²) in [4.78, 5) is 10.4. The Hall–Kier alpha value is -6.90. The Morgan fingerprint density at radius 1 is 0.309 bits per heavy atom. The van der Waals surface area contributed by atoms with Gasteiger partial charge in [-0.1, -0.05) is 190 Å². The lowest BCUT2D eigenvalue weighted by molar-refractivity contribution is 0.660. The highest BCUT2D eigenvalue weighted by molar-refractivity contribution is 6.05. The highest BCUT2D eigenvalue weighted by atomic mass is 14.9. The van der Waals surface area contributed by atoms with Gasteiger partial charge >= 0.3 is 0 Å². The van der Waals surface area contributed by atoms with Crippen molar-refractivity contribution in [2.45, 2.75) is 19.3 Å². The lowest BCUT2D eigenvalue weighted by atomic mass is 9.81. The number of benzene rings is 8. The summed E-state index contributed by atoms with van der Waals surface area (Å²) in [6, 6.07) is 69.6. The molecule has 0 aliphatic heterocycles. The van der Waals surface area contributed by atoms with E-state index in [9.17, 15) is 0 Å². The van der Waals surface area contributed by atoms with E-state index in [0.717, 1.165) is 33.5 Å². The summed E-state index contributed by atoms with van der Waals surface area (Å²) in [5.41, 5.74) is 17.5. The summed E-state index contributed by atoms with van der Waals surface area (Å²) in [7, 11) is 0.